The molecule has 0 saturated carbocycles. The molecule has 1 aliphatic rings. The number of hydrogen-bond acceptors (Lipinski definition) is 9. The Kier molecular flexibility index (Phi) is 7.47. The number of hydrogen-bond donors (Lipinski definition) is 1. The summed E-state index contributed by atoms with van der Waals surface area (Å²) < 4.78 is 25.4. The number of benzene rings is 1. The number of nitrogens with one attached hydrogen (secondary N) is 1. The van der Waals surface area contributed by atoms with Crippen LogP contribution in [0.25, 0.3) is 6.08 Å². The smallest absolute Gasteiger partial charge is 0.373 e. The van der Waals surface area contributed by atoms with Crippen LogP contribution in [-0.4, -0.2) is 56.2 Å². The van der Waals surface area contributed by atoms with E-state index in [1.54, 1.807) is 0 Å². The van der Waals surface area contributed by atoms with Crippen molar-refractivity contribution in [2.24, 2.45) is 0 Å². The average Bonchev–Trinajstić information content (AvgIpc) is 3.39. The highest BCUT2D eigenvalue weighted by atomic mass is 35.5. The third kappa shape index (κ3) is 5.15. The average molecular weight is 493 g/mol. The highest BCUT2D eigenvalue weighted by Crippen LogP contribution is 2.38. The standard InChI is InChI=1S/C22H21ClN2O9/c1-11(20(27)31-3)33-18-14(23)7-12(9-17(18)30-2)8-15-19(26)25(22(29)24-15)10-13-5-6-16(34-13)21(28)32-4/h5-9,11H,10H2,1-4H3,(H,24,29)/b15-8-/t11-/m0/s1. The van der Waals surface area contributed by atoms with Crippen molar-refractivity contribution in [3.63, 3.8) is 0 Å². The van der Waals surface area contributed by atoms with Gasteiger partial charge in [0.25, 0.3) is 5.91 Å². The number of carbonyl (C=O) groups is 4. The molecule has 180 valence electrons. The number of ether oxygens (including phenoxy) is 4. The van der Waals surface area contributed by atoms with Crippen LogP contribution in [0.3, 0.4) is 0 Å². The van der Waals surface area contributed by atoms with E-state index in [0.717, 1.165) is 4.90 Å². The van der Waals surface area contributed by atoms with Crippen LogP contribution in [0.5, 0.6) is 11.5 Å². The molecule has 1 saturated heterocycles. The van der Waals surface area contributed by atoms with Gasteiger partial charge in [-0.15, -0.1) is 0 Å². The van der Waals surface area contributed by atoms with Crippen LogP contribution in [0.15, 0.2) is 34.4 Å². The summed E-state index contributed by atoms with van der Waals surface area (Å²) in [4.78, 5) is 49.2. The van der Waals surface area contributed by atoms with Gasteiger partial charge in [0, 0.05) is 0 Å². The first-order chi connectivity index (χ1) is 16.2. The molecular weight excluding hydrogens is 472 g/mol. The van der Waals surface area contributed by atoms with Gasteiger partial charge in [-0.3, -0.25) is 9.69 Å². The summed E-state index contributed by atoms with van der Waals surface area (Å²) in [7, 11) is 3.82. The Bertz CT molecular complexity index is 1170. The van der Waals surface area contributed by atoms with E-state index in [1.165, 1.54) is 58.6 Å². The largest absolute Gasteiger partial charge is 0.493 e. The van der Waals surface area contributed by atoms with Crippen molar-refractivity contribution in [2.45, 2.75) is 19.6 Å². The van der Waals surface area contributed by atoms with E-state index >= 15 is 0 Å². The highest BCUT2D eigenvalue weighted by Gasteiger charge is 2.34. The second kappa shape index (κ2) is 10.3. The van der Waals surface area contributed by atoms with Gasteiger partial charge in [-0.25, -0.2) is 14.4 Å². The number of imide groups is 1. The van der Waals surface area contributed by atoms with E-state index in [0.29, 0.717) is 5.56 Å². The van der Waals surface area contributed by atoms with E-state index < -0.39 is 30.0 Å². The zero-order valence-electron chi connectivity index (χ0n) is 18.7. The fourth-order valence-electron chi connectivity index (χ4n) is 3.04. The van der Waals surface area contributed by atoms with Gasteiger partial charge in [-0.1, -0.05) is 11.6 Å². The molecule has 1 fully saturated rings. The molecule has 2 aromatic rings. The number of rotatable bonds is 8. The first kappa shape index (κ1) is 24.6. The number of urea groups is 1. The lowest BCUT2D eigenvalue weighted by Gasteiger charge is -2.17. The summed E-state index contributed by atoms with van der Waals surface area (Å²) in [6, 6.07) is 5.18. The van der Waals surface area contributed by atoms with Crippen molar-refractivity contribution in [1.29, 1.82) is 0 Å². The molecule has 12 heteroatoms. The maximum atomic E-state index is 12.8. The Balaban J connectivity index is 1.81. The fraction of sp³-hybridized carbons (Fsp3) is 0.273. The quantitative estimate of drug-likeness (QED) is 0.335. The minimum absolute atomic E-state index is 0.0144. The number of esters is 2. The number of carbonyl (C=O) groups excluding carboxylic acids is 4. The zero-order valence-corrected chi connectivity index (χ0v) is 19.4. The van der Waals surface area contributed by atoms with Crippen LogP contribution in [-0.2, 0) is 25.6 Å². The number of furan rings is 1. The number of methoxy groups -OCH3 is 3. The molecule has 1 atom stereocenters. The molecule has 0 radical (unpaired) electrons. The van der Waals surface area contributed by atoms with Gasteiger partial charge in [0.05, 0.1) is 32.9 Å². The molecule has 0 bridgehead atoms. The summed E-state index contributed by atoms with van der Waals surface area (Å²) >= 11 is 6.31. The lowest BCUT2D eigenvalue weighted by molar-refractivity contribution is -0.147. The van der Waals surface area contributed by atoms with Gasteiger partial charge in [0.15, 0.2) is 17.6 Å². The maximum Gasteiger partial charge on any atom is 0.373 e. The molecular formula is C22H21ClN2O9. The molecule has 0 aliphatic carbocycles. The summed E-state index contributed by atoms with van der Waals surface area (Å²) in [5.41, 5.74) is 0.413. The highest BCUT2D eigenvalue weighted by molar-refractivity contribution is 6.32. The molecule has 2 heterocycles. The minimum Gasteiger partial charge on any atom is -0.493 e. The van der Waals surface area contributed by atoms with Gasteiger partial charge < -0.3 is 28.7 Å². The Morgan fingerprint density at radius 2 is 1.91 bits per heavy atom. The molecule has 3 rings (SSSR count). The van der Waals surface area contributed by atoms with Gasteiger partial charge >= 0.3 is 18.0 Å². The molecule has 34 heavy (non-hydrogen) atoms. The molecule has 1 N–H and O–H groups in total. The number of halogens is 1. The molecule has 11 nitrogen and oxygen atoms in total. The molecule has 3 amide bonds. The third-order valence-corrected chi connectivity index (χ3v) is 5.00. The summed E-state index contributed by atoms with van der Waals surface area (Å²) in [6.07, 6.45) is 0.468. The van der Waals surface area contributed by atoms with E-state index in [4.69, 9.17) is 25.5 Å². The summed E-state index contributed by atoms with van der Waals surface area (Å²) in [6.45, 7) is 1.30. The third-order valence-electron chi connectivity index (χ3n) is 4.72. The van der Waals surface area contributed by atoms with E-state index in [2.05, 4.69) is 14.8 Å². The first-order valence-electron chi connectivity index (χ1n) is 9.82. The van der Waals surface area contributed by atoms with Crippen LogP contribution >= 0.6 is 11.6 Å². The van der Waals surface area contributed by atoms with Crippen molar-refractivity contribution in [3.8, 4) is 11.5 Å². The number of nitrogens with zero attached hydrogens (tertiary/aromatic N) is 1. The molecule has 0 spiro atoms. The van der Waals surface area contributed by atoms with Crippen molar-refractivity contribution in [3.05, 3.63) is 52.1 Å². The van der Waals surface area contributed by atoms with E-state index in [9.17, 15) is 19.2 Å². The van der Waals surface area contributed by atoms with Crippen LogP contribution < -0.4 is 14.8 Å². The second-order valence-electron chi connectivity index (χ2n) is 6.95. The van der Waals surface area contributed by atoms with Gasteiger partial charge in [-0.05, 0) is 42.8 Å². The Morgan fingerprint density at radius 1 is 1.18 bits per heavy atom. The van der Waals surface area contributed by atoms with Crippen molar-refractivity contribution < 1.29 is 42.5 Å². The lowest BCUT2D eigenvalue weighted by atomic mass is 10.1. The molecule has 1 aromatic carbocycles. The van der Waals surface area contributed by atoms with Crippen molar-refractivity contribution in [2.75, 3.05) is 21.3 Å². The van der Waals surface area contributed by atoms with E-state index in [-0.39, 0.29) is 40.3 Å². The SMILES string of the molecule is COC(=O)c1ccc(CN2C(=O)N/C(=C\c3cc(Cl)c(O[C@@H](C)C(=O)OC)c(OC)c3)C2=O)o1. The first-order valence-corrected chi connectivity index (χ1v) is 10.2. The predicted molar refractivity (Wildman–Crippen MR) is 117 cm³/mol. The number of amides is 3. The zero-order chi connectivity index (χ0) is 25.0. The topological polar surface area (TPSA) is 134 Å². The van der Waals surface area contributed by atoms with Crippen LogP contribution in [0.4, 0.5) is 4.79 Å². The summed E-state index contributed by atoms with van der Waals surface area (Å²) in [5.74, 6) is -1.40. The normalized spacial score (nSPS) is 15.2. The Morgan fingerprint density at radius 3 is 2.56 bits per heavy atom. The monoisotopic (exact) mass is 492 g/mol. The van der Waals surface area contributed by atoms with Crippen molar-refractivity contribution in [1.82, 2.24) is 10.2 Å². The summed E-state index contributed by atoms with van der Waals surface area (Å²) in [5, 5.41) is 2.59. The van der Waals surface area contributed by atoms with Gasteiger partial charge in [0.2, 0.25) is 5.76 Å². The van der Waals surface area contributed by atoms with Gasteiger partial charge in [-0.2, -0.15) is 0 Å². The second-order valence-corrected chi connectivity index (χ2v) is 7.36. The van der Waals surface area contributed by atoms with Crippen LogP contribution in [0.2, 0.25) is 5.02 Å². The van der Waals surface area contributed by atoms with Crippen LogP contribution in [0.1, 0.15) is 28.8 Å². The predicted octanol–water partition coefficient (Wildman–Crippen LogP) is 2.76. The molecule has 1 aliphatic heterocycles. The Labute approximate surface area is 199 Å². The molecule has 0 unspecified atom stereocenters. The maximum absolute atomic E-state index is 12.8. The van der Waals surface area contributed by atoms with Crippen LogP contribution in [0, 0.1) is 0 Å². The fourth-order valence-corrected chi connectivity index (χ4v) is 3.30. The minimum atomic E-state index is -0.939. The molecule has 1 aromatic heterocycles. The van der Waals surface area contributed by atoms with Crippen molar-refractivity contribution >= 4 is 41.6 Å². The van der Waals surface area contributed by atoms with Gasteiger partial charge in [0.1, 0.15) is 11.5 Å². The lowest BCUT2D eigenvalue weighted by Crippen LogP contribution is -2.30. The Hall–Kier alpha value is -3.99. The van der Waals surface area contributed by atoms with E-state index in [1.807, 2.05) is 0 Å².